The summed E-state index contributed by atoms with van der Waals surface area (Å²) in [6.45, 7) is 12.6. The Kier molecular flexibility index (Phi) is 16.2. The van der Waals surface area contributed by atoms with Gasteiger partial charge >= 0.3 is 7.82 Å². The molecule has 0 fully saturated rings. The summed E-state index contributed by atoms with van der Waals surface area (Å²) in [5.41, 5.74) is -0.771. The van der Waals surface area contributed by atoms with E-state index in [0.717, 1.165) is 13.3 Å². The lowest BCUT2D eigenvalue weighted by atomic mass is 9.99. The van der Waals surface area contributed by atoms with Crippen molar-refractivity contribution in [3.63, 3.8) is 0 Å². The summed E-state index contributed by atoms with van der Waals surface area (Å²) in [4.78, 5) is 0. The first kappa shape index (κ1) is 35.7. The summed E-state index contributed by atoms with van der Waals surface area (Å²) < 4.78 is 33.2. The molecule has 0 aliphatic heterocycles. The maximum absolute atomic E-state index is 14.2. The molecule has 29 heavy (non-hydrogen) atoms. The molecule has 4 nitrogen and oxygen atoms in total. The number of phosphoric ester groups is 1. The molecule has 0 spiro atoms. The van der Waals surface area contributed by atoms with Crippen LogP contribution in [-0.4, -0.2) is 18.1 Å². The van der Waals surface area contributed by atoms with E-state index in [9.17, 15) is 4.57 Å². The van der Waals surface area contributed by atoms with Crippen molar-refractivity contribution in [2.24, 2.45) is 16.2 Å². The number of phosphoric acid groups is 1. The fourth-order valence-electron chi connectivity index (χ4n) is 1.08. The first-order valence-corrected chi connectivity index (χ1v) is 20.6. The predicted octanol–water partition coefficient (Wildman–Crippen LogP) is 11.1. The maximum atomic E-state index is 14.2. The topological polar surface area (TPSA) is 44.8 Å². The Bertz CT molecular complexity index is 528. The lowest BCUT2D eigenvalue weighted by Crippen LogP contribution is -2.42. The Labute approximate surface area is 298 Å². The second kappa shape index (κ2) is 13.2. The number of hydrogen-bond donors (Lipinski definition) is 0. The van der Waals surface area contributed by atoms with Crippen molar-refractivity contribution in [2.45, 2.75) is 46.4 Å². The zero-order valence-corrected chi connectivity index (χ0v) is 36.9. The molecule has 0 saturated heterocycles. The Morgan fingerprint density at radius 3 is 0.862 bits per heavy atom. The highest BCUT2D eigenvalue weighted by Gasteiger charge is 2.57. The van der Waals surface area contributed by atoms with Crippen molar-refractivity contribution in [2.75, 3.05) is 13.3 Å². The molecule has 0 rings (SSSR count). The first-order chi connectivity index (χ1) is 12.6. The Morgan fingerprint density at radius 2 is 0.724 bits per heavy atom. The lowest BCUT2D eigenvalue weighted by Gasteiger charge is -2.45. The summed E-state index contributed by atoms with van der Waals surface area (Å²) in [6.07, 6.45) is 0. The molecule has 0 radical (unpaired) electrons. The fourth-order valence-corrected chi connectivity index (χ4v) is 14.3. The van der Waals surface area contributed by atoms with Gasteiger partial charge in [0.2, 0.25) is 0 Å². The van der Waals surface area contributed by atoms with Crippen molar-refractivity contribution in [3.8, 4) is 0 Å². The second-order valence-corrected chi connectivity index (χ2v) is 27.4. The van der Waals surface area contributed by atoms with Gasteiger partial charge < -0.3 is 0 Å². The van der Waals surface area contributed by atoms with Gasteiger partial charge in [-0.15, -0.1) is 0 Å². The highest BCUT2D eigenvalue weighted by Crippen LogP contribution is 2.70. The second-order valence-electron chi connectivity index (χ2n) is 8.32. The van der Waals surface area contributed by atoms with Gasteiger partial charge in [0, 0.05) is 29.5 Å². The van der Waals surface area contributed by atoms with Gasteiger partial charge in [0.1, 0.15) is 0 Å². The normalized spacial score (nSPS) is 15.7. The standard InChI is InChI=1S/C15H24I9O4P/c1-10(2,7-16)13(19,20)26-29(25,27-14(21,22)11(3,4)8-17)28-15(23,24)12(5,6)9-18/h7-9H2,1-6H3. The molecule has 0 atom stereocenters. The van der Waals surface area contributed by atoms with Crippen molar-refractivity contribution in [1.29, 1.82) is 0 Å². The van der Waals surface area contributed by atoms with E-state index >= 15 is 0 Å². The molecule has 0 aromatic heterocycles. The summed E-state index contributed by atoms with van der Waals surface area (Å²) >= 11 is 20.3. The quantitative estimate of drug-likeness (QED) is 0.111. The van der Waals surface area contributed by atoms with Crippen LogP contribution in [-0.2, 0) is 18.1 Å². The van der Waals surface area contributed by atoms with Crippen LogP contribution >= 0.6 is 211 Å². The van der Waals surface area contributed by atoms with Crippen LogP contribution in [0.3, 0.4) is 0 Å². The van der Waals surface area contributed by atoms with Crippen LogP contribution in [0.5, 0.6) is 0 Å². The molecular formula is C15H24I9O4P. The van der Waals surface area contributed by atoms with Crippen LogP contribution in [0.1, 0.15) is 41.5 Å². The Balaban J connectivity index is 6.31. The van der Waals surface area contributed by atoms with Crippen LogP contribution in [0, 0.1) is 16.2 Å². The molecule has 0 N–H and O–H groups in total. The minimum atomic E-state index is -3.97. The molecule has 0 aromatic rings. The first-order valence-electron chi connectivity index (χ1n) is 8.09. The molecule has 14 heteroatoms. The third-order valence-corrected chi connectivity index (χ3v) is 23.4. The smallest absolute Gasteiger partial charge is 0.259 e. The molecule has 0 saturated carbocycles. The van der Waals surface area contributed by atoms with Gasteiger partial charge in [-0.25, -0.2) is 4.57 Å². The number of alkyl halides is 9. The highest BCUT2D eigenvalue weighted by molar-refractivity contribution is 14.2. The van der Waals surface area contributed by atoms with Gasteiger partial charge in [-0.05, 0) is 136 Å². The van der Waals surface area contributed by atoms with Gasteiger partial charge in [0.05, 0.1) is 0 Å². The molecule has 176 valence electrons. The minimum absolute atomic E-state index is 0.257. The van der Waals surface area contributed by atoms with Crippen LogP contribution in [0.4, 0.5) is 0 Å². The lowest BCUT2D eigenvalue weighted by molar-refractivity contribution is 0.0255. The average molecular weight is 1440 g/mol. The van der Waals surface area contributed by atoms with Crippen molar-refractivity contribution in [3.05, 3.63) is 0 Å². The van der Waals surface area contributed by atoms with E-state index in [4.69, 9.17) is 13.6 Å². The van der Waals surface area contributed by atoms with Gasteiger partial charge in [0.25, 0.3) is 0 Å². The summed E-state index contributed by atoms with van der Waals surface area (Å²) in [5, 5.41) is 0. The molecule has 0 heterocycles. The highest BCUT2D eigenvalue weighted by atomic mass is 127. The van der Waals surface area contributed by atoms with E-state index in [0.29, 0.717) is 0 Å². The van der Waals surface area contributed by atoms with Crippen LogP contribution < -0.4 is 0 Å². The summed E-state index contributed by atoms with van der Waals surface area (Å²) in [7, 11) is -3.97. The molecule has 0 aliphatic carbocycles. The Hall–Kier alpha value is 6.68. The third kappa shape index (κ3) is 10.1. The average Bonchev–Trinajstić information content (AvgIpc) is 2.51. The predicted molar refractivity (Wildman–Crippen MR) is 201 cm³/mol. The minimum Gasteiger partial charge on any atom is -0.259 e. The van der Waals surface area contributed by atoms with E-state index in [2.05, 4.69) is 245 Å². The third-order valence-electron chi connectivity index (χ3n) is 4.05. The molecule has 0 bridgehead atoms. The maximum Gasteiger partial charge on any atom is 0.480 e. The largest absolute Gasteiger partial charge is 0.480 e. The monoisotopic (exact) mass is 1440 g/mol. The zero-order chi connectivity index (χ0) is 23.7. The number of rotatable bonds is 12. The summed E-state index contributed by atoms with van der Waals surface area (Å²) in [5.74, 6) is 0. The van der Waals surface area contributed by atoms with Gasteiger partial charge in [-0.1, -0.05) is 109 Å². The van der Waals surface area contributed by atoms with Crippen molar-refractivity contribution in [1.82, 2.24) is 0 Å². The van der Waals surface area contributed by atoms with E-state index in [1.807, 2.05) is 0 Å². The van der Waals surface area contributed by atoms with Gasteiger partial charge in [-0.3, -0.25) is 13.6 Å². The van der Waals surface area contributed by atoms with Crippen LogP contribution in [0.25, 0.3) is 0 Å². The van der Waals surface area contributed by atoms with E-state index in [-0.39, 0.29) is 16.2 Å². The van der Waals surface area contributed by atoms with Crippen molar-refractivity contribution < 1.29 is 18.1 Å². The fraction of sp³-hybridized carbons (Fsp3) is 1.00. The zero-order valence-electron chi connectivity index (χ0n) is 16.6. The molecule has 0 aliphatic rings. The molecular weight excluding hydrogens is 1420 g/mol. The van der Waals surface area contributed by atoms with Crippen molar-refractivity contribution >= 4 is 211 Å². The number of halogens is 9. The van der Waals surface area contributed by atoms with Crippen LogP contribution in [0.15, 0.2) is 0 Å². The SMILES string of the molecule is CC(C)(CI)C(I)(I)OP(=O)(OC(I)(I)C(C)(C)CI)OC(I)(I)C(C)(C)CI. The number of hydrogen-bond acceptors (Lipinski definition) is 4. The molecule has 0 unspecified atom stereocenters. The van der Waals surface area contributed by atoms with Gasteiger partial charge in [0.15, 0.2) is 4.84 Å². The van der Waals surface area contributed by atoms with E-state index in [1.165, 1.54) is 0 Å². The van der Waals surface area contributed by atoms with E-state index in [1.54, 1.807) is 0 Å². The Morgan fingerprint density at radius 1 is 0.552 bits per heavy atom. The van der Waals surface area contributed by atoms with Gasteiger partial charge in [-0.2, -0.15) is 0 Å². The molecule has 0 aromatic carbocycles. The van der Waals surface area contributed by atoms with Crippen LogP contribution in [0.2, 0.25) is 0 Å². The molecule has 0 amide bonds. The summed E-state index contributed by atoms with van der Waals surface area (Å²) in [6, 6.07) is 0. The van der Waals surface area contributed by atoms with E-state index < -0.39 is 12.7 Å².